The van der Waals surface area contributed by atoms with E-state index in [4.69, 9.17) is 0 Å². The molecular weight excluding hydrogens is 234 g/mol. The number of esters is 1. The maximum atomic E-state index is 11.3. The van der Waals surface area contributed by atoms with Crippen molar-refractivity contribution in [2.45, 2.75) is 6.92 Å². The van der Waals surface area contributed by atoms with Crippen LogP contribution in [0.1, 0.15) is 17.3 Å². The van der Waals surface area contributed by atoms with Gasteiger partial charge in [-0.3, -0.25) is 4.21 Å². The lowest BCUT2D eigenvalue weighted by molar-refractivity contribution is 0.0523. The largest absolute Gasteiger partial charge is 0.755 e. The standard InChI is InChI=1S/C9H11NO5S/c1-2-15-9(12)7-5-6(10-16(13)14)3-4-8(7)11/h3-5,10-11H,2H2,1H3,(H,13,14)/p-1. The summed E-state index contributed by atoms with van der Waals surface area (Å²) >= 11 is -2.48. The van der Waals surface area contributed by atoms with E-state index in [0.29, 0.717) is 0 Å². The Morgan fingerprint density at radius 2 is 2.31 bits per heavy atom. The van der Waals surface area contributed by atoms with Gasteiger partial charge in [0.15, 0.2) is 0 Å². The van der Waals surface area contributed by atoms with E-state index in [2.05, 4.69) is 9.46 Å². The van der Waals surface area contributed by atoms with Gasteiger partial charge in [-0.2, -0.15) is 0 Å². The molecule has 0 radical (unpaired) electrons. The second kappa shape index (κ2) is 5.47. The number of hydrogen-bond donors (Lipinski definition) is 2. The molecule has 88 valence electrons. The molecule has 6 nitrogen and oxygen atoms in total. The minimum Gasteiger partial charge on any atom is -0.755 e. The number of benzene rings is 1. The molecule has 0 aromatic heterocycles. The lowest BCUT2D eigenvalue weighted by Crippen LogP contribution is -2.07. The van der Waals surface area contributed by atoms with E-state index < -0.39 is 17.2 Å². The lowest BCUT2D eigenvalue weighted by Gasteiger charge is -2.10. The van der Waals surface area contributed by atoms with E-state index in [1.165, 1.54) is 18.2 Å². The number of carbonyl (C=O) groups excluding carboxylic acids is 1. The Hall–Kier alpha value is -1.60. The van der Waals surface area contributed by atoms with Crippen molar-refractivity contribution >= 4 is 22.9 Å². The van der Waals surface area contributed by atoms with Crippen LogP contribution in [-0.4, -0.2) is 26.4 Å². The van der Waals surface area contributed by atoms with Crippen LogP contribution in [0.5, 0.6) is 5.75 Å². The fourth-order valence-electron chi connectivity index (χ4n) is 1.07. The van der Waals surface area contributed by atoms with Crippen molar-refractivity contribution in [3.05, 3.63) is 23.8 Å². The molecule has 0 saturated carbocycles. The summed E-state index contributed by atoms with van der Waals surface area (Å²) in [7, 11) is 0. The Morgan fingerprint density at radius 3 is 2.88 bits per heavy atom. The average molecular weight is 244 g/mol. The summed E-state index contributed by atoms with van der Waals surface area (Å²) in [5.41, 5.74) is 0.0893. The molecule has 7 heteroatoms. The van der Waals surface area contributed by atoms with Crippen LogP contribution < -0.4 is 4.72 Å². The van der Waals surface area contributed by atoms with Crippen LogP contribution in [0.25, 0.3) is 0 Å². The van der Waals surface area contributed by atoms with Crippen molar-refractivity contribution < 1.29 is 23.4 Å². The van der Waals surface area contributed by atoms with Gasteiger partial charge in [0.05, 0.1) is 6.61 Å². The Bertz CT molecular complexity index is 420. The second-order valence-electron chi connectivity index (χ2n) is 2.79. The molecule has 0 aliphatic heterocycles. The summed E-state index contributed by atoms with van der Waals surface area (Å²) in [6.07, 6.45) is 0. The van der Waals surface area contributed by atoms with Gasteiger partial charge in [0.25, 0.3) is 0 Å². The predicted octanol–water partition coefficient (Wildman–Crippen LogP) is 0.775. The molecule has 1 atom stereocenters. The van der Waals surface area contributed by atoms with E-state index in [1.807, 2.05) is 0 Å². The van der Waals surface area contributed by atoms with Crippen LogP contribution in [0.4, 0.5) is 5.69 Å². The van der Waals surface area contributed by atoms with Gasteiger partial charge in [-0.05, 0) is 25.1 Å². The summed E-state index contributed by atoms with van der Waals surface area (Å²) in [5.74, 6) is -0.971. The molecular formula is C9H10NO5S-. The SMILES string of the molecule is CCOC(=O)c1cc(NS(=O)[O-])ccc1O. The average Bonchev–Trinajstić information content (AvgIpc) is 2.20. The maximum Gasteiger partial charge on any atom is 0.341 e. The highest BCUT2D eigenvalue weighted by Crippen LogP contribution is 2.22. The summed E-state index contributed by atoms with van der Waals surface area (Å²) in [6.45, 7) is 1.80. The molecule has 0 spiro atoms. The van der Waals surface area contributed by atoms with Gasteiger partial charge in [0.2, 0.25) is 0 Å². The number of phenolic OH excluding ortho intramolecular Hbond substituents is 1. The number of aromatic hydroxyl groups is 1. The smallest absolute Gasteiger partial charge is 0.341 e. The highest BCUT2D eigenvalue weighted by atomic mass is 32.2. The van der Waals surface area contributed by atoms with E-state index in [9.17, 15) is 18.7 Å². The quantitative estimate of drug-likeness (QED) is 0.463. The summed E-state index contributed by atoms with van der Waals surface area (Å²) in [6, 6.07) is 3.73. The summed E-state index contributed by atoms with van der Waals surface area (Å²) in [5, 5.41) is 9.38. The highest BCUT2D eigenvalue weighted by Gasteiger charge is 2.12. The van der Waals surface area contributed by atoms with Crippen molar-refractivity contribution in [3.8, 4) is 5.75 Å². The molecule has 0 fully saturated rings. The van der Waals surface area contributed by atoms with Crippen molar-refractivity contribution in [1.29, 1.82) is 0 Å². The van der Waals surface area contributed by atoms with Crippen molar-refractivity contribution in [2.24, 2.45) is 0 Å². The molecule has 0 heterocycles. The van der Waals surface area contributed by atoms with Crippen molar-refractivity contribution in [3.63, 3.8) is 0 Å². The van der Waals surface area contributed by atoms with Crippen LogP contribution in [0.3, 0.4) is 0 Å². The van der Waals surface area contributed by atoms with Crippen molar-refractivity contribution in [2.75, 3.05) is 11.3 Å². The molecule has 1 unspecified atom stereocenters. The molecule has 0 aliphatic carbocycles. The number of hydrogen-bond acceptors (Lipinski definition) is 5. The monoisotopic (exact) mass is 244 g/mol. The molecule has 16 heavy (non-hydrogen) atoms. The maximum absolute atomic E-state index is 11.3. The van der Waals surface area contributed by atoms with E-state index in [1.54, 1.807) is 6.92 Å². The Morgan fingerprint density at radius 1 is 1.62 bits per heavy atom. The molecule has 2 N–H and O–H groups in total. The minimum atomic E-state index is -2.48. The summed E-state index contributed by atoms with van der Waals surface area (Å²) in [4.78, 5) is 11.3. The highest BCUT2D eigenvalue weighted by molar-refractivity contribution is 7.80. The fraction of sp³-hybridized carbons (Fsp3) is 0.222. The van der Waals surface area contributed by atoms with E-state index in [-0.39, 0.29) is 23.6 Å². The van der Waals surface area contributed by atoms with Crippen LogP contribution in [-0.2, 0) is 16.0 Å². The topological polar surface area (TPSA) is 98.7 Å². The summed E-state index contributed by atoms with van der Waals surface area (Å²) < 4.78 is 27.5. The third-order valence-electron chi connectivity index (χ3n) is 1.69. The second-order valence-corrected chi connectivity index (χ2v) is 3.46. The van der Waals surface area contributed by atoms with Gasteiger partial charge in [0, 0.05) is 17.0 Å². The molecule has 1 aromatic rings. The molecule has 1 aromatic carbocycles. The lowest BCUT2D eigenvalue weighted by atomic mass is 10.2. The first-order valence-electron chi connectivity index (χ1n) is 4.40. The number of rotatable bonds is 4. The number of nitrogens with one attached hydrogen (secondary N) is 1. The number of anilines is 1. The van der Waals surface area contributed by atoms with Gasteiger partial charge in [0.1, 0.15) is 11.3 Å². The third-order valence-corrected chi connectivity index (χ3v) is 2.10. The van der Waals surface area contributed by atoms with E-state index in [0.717, 1.165) is 0 Å². The third kappa shape index (κ3) is 3.21. The molecule has 1 rings (SSSR count). The van der Waals surface area contributed by atoms with Crippen LogP contribution in [0.2, 0.25) is 0 Å². The number of phenols is 1. The predicted molar refractivity (Wildman–Crippen MR) is 56.6 cm³/mol. The Kier molecular flexibility index (Phi) is 4.27. The van der Waals surface area contributed by atoms with Crippen LogP contribution in [0, 0.1) is 0 Å². The normalized spacial score (nSPS) is 11.9. The van der Waals surface area contributed by atoms with Gasteiger partial charge in [-0.15, -0.1) is 0 Å². The van der Waals surface area contributed by atoms with Gasteiger partial charge >= 0.3 is 5.97 Å². The zero-order valence-electron chi connectivity index (χ0n) is 8.43. The van der Waals surface area contributed by atoms with E-state index >= 15 is 0 Å². The molecule has 0 bridgehead atoms. The van der Waals surface area contributed by atoms with Crippen LogP contribution in [0.15, 0.2) is 18.2 Å². The van der Waals surface area contributed by atoms with Gasteiger partial charge in [-0.1, -0.05) is 0 Å². The number of ether oxygens (including phenoxy) is 1. The first-order chi connectivity index (χ1) is 7.54. The first kappa shape index (κ1) is 12.5. The zero-order valence-corrected chi connectivity index (χ0v) is 9.24. The fourth-order valence-corrected chi connectivity index (χ4v) is 1.39. The molecule has 0 saturated heterocycles. The van der Waals surface area contributed by atoms with Gasteiger partial charge in [-0.25, -0.2) is 4.79 Å². The molecule has 0 amide bonds. The zero-order chi connectivity index (χ0) is 12.1. The van der Waals surface area contributed by atoms with Crippen molar-refractivity contribution in [1.82, 2.24) is 0 Å². The first-order valence-corrected chi connectivity index (χ1v) is 5.48. The minimum absolute atomic E-state index is 0.0858. The Labute approximate surface area is 94.7 Å². The van der Waals surface area contributed by atoms with Gasteiger partial charge < -0.3 is 19.1 Å². The Balaban J connectivity index is 2.98. The molecule has 0 aliphatic rings. The van der Waals surface area contributed by atoms with Crippen LogP contribution >= 0.6 is 0 Å². The number of carbonyl (C=O) groups is 1.